The molecule has 1 N–H and O–H groups in total. The highest BCUT2D eigenvalue weighted by molar-refractivity contribution is 6.30. The van der Waals surface area contributed by atoms with Crippen molar-refractivity contribution >= 4 is 17.6 Å². The molecule has 1 aliphatic heterocycles. The van der Waals surface area contributed by atoms with E-state index < -0.39 is 0 Å². The molecule has 0 bridgehead atoms. The van der Waals surface area contributed by atoms with Gasteiger partial charge in [0.25, 0.3) is 0 Å². The number of piperidine rings is 1. The molecule has 4 heteroatoms. The number of rotatable bonds is 2. The van der Waals surface area contributed by atoms with Gasteiger partial charge in [-0.05, 0) is 43.4 Å². The summed E-state index contributed by atoms with van der Waals surface area (Å²) >= 11 is 5.86. The van der Waals surface area contributed by atoms with Gasteiger partial charge < -0.3 is 10.2 Å². The highest BCUT2D eigenvalue weighted by Gasteiger charge is 2.22. The molecule has 1 aliphatic rings. The van der Waals surface area contributed by atoms with Crippen molar-refractivity contribution in [3.63, 3.8) is 0 Å². The lowest BCUT2D eigenvalue weighted by Gasteiger charge is -2.32. The summed E-state index contributed by atoms with van der Waals surface area (Å²) in [5, 5.41) is 3.76. The van der Waals surface area contributed by atoms with Gasteiger partial charge in [-0.2, -0.15) is 0 Å². The van der Waals surface area contributed by atoms with Crippen molar-refractivity contribution in [1.82, 2.24) is 10.2 Å². The highest BCUT2D eigenvalue weighted by atomic mass is 35.5. The van der Waals surface area contributed by atoms with Crippen molar-refractivity contribution < 1.29 is 4.79 Å². The van der Waals surface area contributed by atoms with Gasteiger partial charge in [0.1, 0.15) is 0 Å². The smallest absolute Gasteiger partial charge is 0.317 e. The van der Waals surface area contributed by atoms with Crippen LogP contribution in [0.15, 0.2) is 24.3 Å². The Morgan fingerprint density at radius 2 is 2.11 bits per heavy atom. The molecule has 19 heavy (non-hydrogen) atoms. The van der Waals surface area contributed by atoms with E-state index in [1.54, 1.807) is 0 Å². The van der Waals surface area contributed by atoms with E-state index >= 15 is 0 Å². The molecule has 0 aliphatic carbocycles. The number of hydrogen-bond donors (Lipinski definition) is 1. The van der Waals surface area contributed by atoms with Crippen LogP contribution in [0.2, 0.25) is 5.02 Å². The minimum absolute atomic E-state index is 0.00185. The number of carbonyl (C=O) groups excluding carboxylic acids is 1. The van der Waals surface area contributed by atoms with E-state index in [-0.39, 0.29) is 12.1 Å². The van der Waals surface area contributed by atoms with Crippen molar-refractivity contribution in [2.24, 2.45) is 5.92 Å². The first-order valence-electron chi connectivity index (χ1n) is 6.87. The van der Waals surface area contributed by atoms with Gasteiger partial charge in [0.2, 0.25) is 0 Å². The fraction of sp³-hybridized carbons (Fsp3) is 0.533. The summed E-state index contributed by atoms with van der Waals surface area (Å²) in [5.74, 6) is 0.602. The summed E-state index contributed by atoms with van der Waals surface area (Å²) in [6.45, 7) is 5.92. The lowest BCUT2D eigenvalue weighted by molar-refractivity contribution is 0.167. The van der Waals surface area contributed by atoms with Gasteiger partial charge in [-0.1, -0.05) is 30.7 Å². The van der Waals surface area contributed by atoms with Crippen LogP contribution in [0.4, 0.5) is 4.79 Å². The third-order valence-corrected chi connectivity index (χ3v) is 3.91. The Bertz CT molecular complexity index is 432. The van der Waals surface area contributed by atoms with Crippen LogP contribution in [0, 0.1) is 5.92 Å². The normalized spacial score (nSPS) is 21.0. The number of nitrogens with zero attached hydrogens (tertiary/aromatic N) is 1. The first-order valence-corrected chi connectivity index (χ1v) is 7.25. The zero-order valence-corrected chi connectivity index (χ0v) is 12.3. The maximum atomic E-state index is 12.2. The quantitative estimate of drug-likeness (QED) is 0.877. The van der Waals surface area contributed by atoms with Crippen LogP contribution in [-0.2, 0) is 0 Å². The van der Waals surface area contributed by atoms with E-state index in [9.17, 15) is 4.79 Å². The van der Waals surface area contributed by atoms with Gasteiger partial charge in [0, 0.05) is 18.1 Å². The monoisotopic (exact) mass is 280 g/mol. The average molecular weight is 281 g/mol. The zero-order valence-electron chi connectivity index (χ0n) is 11.5. The molecular formula is C15H21ClN2O. The third kappa shape index (κ3) is 3.87. The molecule has 1 heterocycles. The van der Waals surface area contributed by atoms with E-state index in [2.05, 4.69) is 12.2 Å². The topological polar surface area (TPSA) is 32.3 Å². The van der Waals surface area contributed by atoms with Crippen LogP contribution >= 0.6 is 11.6 Å². The first-order chi connectivity index (χ1) is 9.06. The molecule has 1 aromatic rings. The fourth-order valence-electron chi connectivity index (χ4n) is 2.49. The Hall–Kier alpha value is -1.22. The molecule has 104 valence electrons. The molecule has 0 aromatic heterocycles. The Balaban J connectivity index is 1.92. The van der Waals surface area contributed by atoms with Crippen LogP contribution < -0.4 is 5.32 Å². The standard InChI is InChI=1S/C15H21ClN2O/c1-11-4-3-9-18(10-11)15(19)17-12(2)13-5-7-14(16)8-6-13/h5-8,11-12H,3-4,9-10H2,1-2H3,(H,17,19). The zero-order chi connectivity index (χ0) is 13.8. The summed E-state index contributed by atoms with van der Waals surface area (Å²) in [7, 11) is 0. The summed E-state index contributed by atoms with van der Waals surface area (Å²) < 4.78 is 0. The summed E-state index contributed by atoms with van der Waals surface area (Å²) in [5.41, 5.74) is 1.07. The molecule has 2 atom stereocenters. The van der Waals surface area contributed by atoms with Crippen molar-refractivity contribution in [2.75, 3.05) is 13.1 Å². The minimum atomic E-state index is 0.00185. The number of hydrogen-bond acceptors (Lipinski definition) is 1. The van der Waals surface area contributed by atoms with Crippen molar-refractivity contribution in [3.05, 3.63) is 34.9 Å². The number of carbonyl (C=O) groups is 1. The van der Waals surface area contributed by atoms with E-state index in [4.69, 9.17) is 11.6 Å². The van der Waals surface area contributed by atoms with Crippen LogP contribution in [-0.4, -0.2) is 24.0 Å². The number of benzene rings is 1. The van der Waals surface area contributed by atoms with Crippen LogP contribution in [0.3, 0.4) is 0 Å². The van der Waals surface area contributed by atoms with Crippen LogP contribution in [0.5, 0.6) is 0 Å². The molecule has 0 saturated carbocycles. The molecule has 0 spiro atoms. The molecule has 1 aromatic carbocycles. The highest BCUT2D eigenvalue weighted by Crippen LogP contribution is 2.18. The second-order valence-electron chi connectivity index (χ2n) is 5.42. The lowest BCUT2D eigenvalue weighted by Crippen LogP contribution is -2.45. The predicted molar refractivity (Wildman–Crippen MR) is 78.4 cm³/mol. The number of halogens is 1. The summed E-state index contributed by atoms with van der Waals surface area (Å²) in [6, 6.07) is 7.64. The van der Waals surface area contributed by atoms with Gasteiger partial charge in [-0.15, -0.1) is 0 Å². The Morgan fingerprint density at radius 1 is 1.42 bits per heavy atom. The average Bonchev–Trinajstić information content (AvgIpc) is 2.39. The van der Waals surface area contributed by atoms with Crippen LogP contribution in [0.25, 0.3) is 0 Å². The predicted octanol–water partition coefficient (Wildman–Crippen LogP) is 3.84. The molecule has 3 nitrogen and oxygen atoms in total. The van der Waals surface area contributed by atoms with E-state index in [1.807, 2.05) is 36.1 Å². The van der Waals surface area contributed by atoms with Crippen LogP contribution in [0.1, 0.15) is 38.3 Å². The fourth-order valence-corrected chi connectivity index (χ4v) is 2.61. The maximum absolute atomic E-state index is 12.2. The second-order valence-corrected chi connectivity index (χ2v) is 5.85. The Labute approximate surface area is 119 Å². The molecule has 2 rings (SSSR count). The SMILES string of the molecule is CC1CCCN(C(=O)NC(C)c2ccc(Cl)cc2)C1. The molecule has 2 amide bonds. The summed E-state index contributed by atoms with van der Waals surface area (Å²) in [6.07, 6.45) is 2.32. The van der Waals surface area contributed by atoms with E-state index in [1.165, 1.54) is 6.42 Å². The number of nitrogens with one attached hydrogen (secondary N) is 1. The molecule has 0 radical (unpaired) electrons. The van der Waals surface area contributed by atoms with Crippen molar-refractivity contribution in [3.8, 4) is 0 Å². The van der Waals surface area contributed by atoms with Crippen molar-refractivity contribution in [1.29, 1.82) is 0 Å². The van der Waals surface area contributed by atoms with Gasteiger partial charge in [0.15, 0.2) is 0 Å². The molecule has 2 unspecified atom stereocenters. The maximum Gasteiger partial charge on any atom is 0.317 e. The Morgan fingerprint density at radius 3 is 2.74 bits per heavy atom. The summed E-state index contributed by atoms with van der Waals surface area (Å²) in [4.78, 5) is 14.1. The van der Waals surface area contributed by atoms with Gasteiger partial charge in [-0.3, -0.25) is 0 Å². The minimum Gasteiger partial charge on any atom is -0.331 e. The lowest BCUT2D eigenvalue weighted by atomic mass is 10.0. The molecule has 1 fully saturated rings. The van der Waals surface area contributed by atoms with Gasteiger partial charge >= 0.3 is 6.03 Å². The first kappa shape index (κ1) is 14.2. The molecular weight excluding hydrogens is 260 g/mol. The number of amides is 2. The van der Waals surface area contributed by atoms with Gasteiger partial charge in [-0.25, -0.2) is 4.79 Å². The Kier molecular flexibility index (Phi) is 4.70. The molecule has 1 saturated heterocycles. The number of urea groups is 1. The number of likely N-dealkylation sites (tertiary alicyclic amines) is 1. The largest absolute Gasteiger partial charge is 0.331 e. The van der Waals surface area contributed by atoms with Crippen molar-refractivity contribution in [2.45, 2.75) is 32.7 Å². The van der Waals surface area contributed by atoms with E-state index in [0.717, 1.165) is 25.1 Å². The van der Waals surface area contributed by atoms with Gasteiger partial charge in [0.05, 0.1) is 6.04 Å². The second kappa shape index (κ2) is 6.29. The van der Waals surface area contributed by atoms with E-state index in [0.29, 0.717) is 10.9 Å². The third-order valence-electron chi connectivity index (χ3n) is 3.65.